The first-order chi connectivity index (χ1) is 10.2. The smallest absolute Gasteiger partial charge is 0.178 e. The molecule has 0 amide bonds. The van der Waals surface area contributed by atoms with E-state index in [4.69, 9.17) is 0 Å². The number of aromatic nitrogens is 1. The van der Waals surface area contributed by atoms with E-state index in [1.165, 1.54) is 0 Å². The van der Waals surface area contributed by atoms with Crippen LogP contribution in [-0.4, -0.2) is 25.7 Å². The van der Waals surface area contributed by atoms with Crippen molar-refractivity contribution in [2.24, 2.45) is 0 Å². The highest BCUT2D eigenvalue weighted by Gasteiger charge is 2.29. The van der Waals surface area contributed by atoms with Crippen LogP contribution >= 0.6 is 0 Å². The van der Waals surface area contributed by atoms with Gasteiger partial charge in [0.05, 0.1) is 10.6 Å². The van der Waals surface area contributed by atoms with E-state index >= 15 is 0 Å². The zero-order valence-corrected chi connectivity index (χ0v) is 12.5. The first kappa shape index (κ1) is 14.2. The summed E-state index contributed by atoms with van der Waals surface area (Å²) in [6, 6.07) is 13.3. The van der Waals surface area contributed by atoms with Crippen LogP contribution < -0.4 is 5.32 Å². The Bertz CT molecular complexity index is 714. The molecule has 0 saturated heterocycles. The molecule has 0 bridgehead atoms. The first-order valence-electron chi connectivity index (χ1n) is 7.12. The van der Waals surface area contributed by atoms with Crippen molar-refractivity contribution in [2.75, 3.05) is 12.3 Å². The lowest BCUT2D eigenvalue weighted by Gasteiger charge is -2.26. The van der Waals surface area contributed by atoms with Gasteiger partial charge < -0.3 is 5.32 Å². The van der Waals surface area contributed by atoms with Crippen LogP contribution in [0.25, 0.3) is 0 Å². The largest absolute Gasteiger partial charge is 0.309 e. The summed E-state index contributed by atoms with van der Waals surface area (Å²) in [5, 5.41) is 3.46. The first-order valence-corrected chi connectivity index (χ1v) is 8.77. The van der Waals surface area contributed by atoms with Gasteiger partial charge in [-0.05, 0) is 30.2 Å². The van der Waals surface area contributed by atoms with Crippen LogP contribution in [0.5, 0.6) is 0 Å². The molecule has 1 N–H and O–H groups in total. The quantitative estimate of drug-likeness (QED) is 0.940. The molecule has 0 radical (unpaired) electrons. The molecule has 1 aliphatic heterocycles. The van der Waals surface area contributed by atoms with Crippen LogP contribution in [0.2, 0.25) is 0 Å². The summed E-state index contributed by atoms with van der Waals surface area (Å²) >= 11 is 0. The van der Waals surface area contributed by atoms with E-state index in [0.29, 0.717) is 11.3 Å². The van der Waals surface area contributed by atoms with E-state index < -0.39 is 9.84 Å². The molecule has 21 heavy (non-hydrogen) atoms. The molecule has 5 heteroatoms. The predicted octanol–water partition coefficient (Wildman–Crippen LogP) is 2.13. The molecule has 1 aliphatic rings. The number of nitrogens with zero attached hydrogens (tertiary/aromatic N) is 1. The molecule has 1 aromatic carbocycles. The maximum atomic E-state index is 12.1. The molecular weight excluding hydrogens is 284 g/mol. The standard InChI is InChI=1S/C16H18N2O2S/c19-21(20)12-9-15(14-6-1-2-7-16(14)21)18-11-8-13-5-3-4-10-17-13/h1-7,10,15,18H,8-9,11-12H2. The van der Waals surface area contributed by atoms with Crippen LogP contribution in [0.3, 0.4) is 0 Å². The molecule has 1 aromatic heterocycles. The van der Waals surface area contributed by atoms with Gasteiger partial charge in [-0.25, -0.2) is 8.42 Å². The minimum absolute atomic E-state index is 0.105. The Morgan fingerprint density at radius 1 is 1.14 bits per heavy atom. The average molecular weight is 302 g/mol. The van der Waals surface area contributed by atoms with Crippen LogP contribution in [0.1, 0.15) is 23.7 Å². The van der Waals surface area contributed by atoms with Gasteiger partial charge in [-0.1, -0.05) is 24.3 Å². The maximum Gasteiger partial charge on any atom is 0.178 e. The van der Waals surface area contributed by atoms with E-state index in [9.17, 15) is 8.42 Å². The fourth-order valence-electron chi connectivity index (χ4n) is 2.72. The van der Waals surface area contributed by atoms with E-state index in [2.05, 4.69) is 10.3 Å². The van der Waals surface area contributed by atoms with Crippen molar-refractivity contribution in [3.8, 4) is 0 Å². The number of pyridine rings is 1. The second-order valence-corrected chi connectivity index (χ2v) is 7.30. The Morgan fingerprint density at radius 2 is 1.95 bits per heavy atom. The van der Waals surface area contributed by atoms with Crippen LogP contribution in [0.4, 0.5) is 0 Å². The highest BCUT2D eigenvalue weighted by atomic mass is 32.2. The SMILES string of the molecule is O=S1(=O)CCC(NCCc2ccccn2)c2ccccc21. The summed E-state index contributed by atoms with van der Waals surface area (Å²) in [5.74, 6) is 0.214. The molecule has 2 heterocycles. The van der Waals surface area contributed by atoms with Crippen LogP contribution in [0.15, 0.2) is 53.6 Å². The van der Waals surface area contributed by atoms with E-state index in [1.54, 1.807) is 18.3 Å². The van der Waals surface area contributed by atoms with Gasteiger partial charge >= 0.3 is 0 Å². The van der Waals surface area contributed by atoms with Crippen molar-refractivity contribution in [3.63, 3.8) is 0 Å². The van der Waals surface area contributed by atoms with Gasteiger partial charge in [-0.3, -0.25) is 4.98 Å². The molecule has 0 saturated carbocycles. The molecule has 1 unspecified atom stereocenters. The summed E-state index contributed by atoms with van der Waals surface area (Å²) in [7, 11) is -3.10. The van der Waals surface area contributed by atoms with Crippen molar-refractivity contribution in [3.05, 3.63) is 59.9 Å². The number of hydrogen-bond donors (Lipinski definition) is 1. The van der Waals surface area contributed by atoms with Gasteiger partial charge in [0.15, 0.2) is 9.84 Å². The molecule has 2 aromatic rings. The normalized spacial score (nSPS) is 19.9. The summed E-state index contributed by atoms with van der Waals surface area (Å²) in [6.07, 6.45) is 3.26. The van der Waals surface area contributed by atoms with Gasteiger partial charge in [-0.15, -0.1) is 0 Å². The number of nitrogens with one attached hydrogen (secondary N) is 1. The number of benzene rings is 1. The second-order valence-electron chi connectivity index (χ2n) is 5.22. The van der Waals surface area contributed by atoms with Gasteiger partial charge in [0, 0.05) is 30.9 Å². The lowest BCUT2D eigenvalue weighted by molar-refractivity contribution is 0.493. The van der Waals surface area contributed by atoms with Crippen molar-refractivity contribution < 1.29 is 8.42 Å². The zero-order valence-electron chi connectivity index (χ0n) is 11.7. The van der Waals surface area contributed by atoms with Gasteiger partial charge in [0.2, 0.25) is 0 Å². The monoisotopic (exact) mass is 302 g/mol. The Morgan fingerprint density at radius 3 is 2.76 bits per heavy atom. The van der Waals surface area contributed by atoms with Crippen molar-refractivity contribution >= 4 is 9.84 Å². The number of hydrogen-bond acceptors (Lipinski definition) is 4. The zero-order chi connectivity index (χ0) is 14.7. The molecule has 4 nitrogen and oxygen atoms in total. The molecule has 3 rings (SSSR count). The van der Waals surface area contributed by atoms with E-state index in [1.807, 2.05) is 30.3 Å². The fraction of sp³-hybridized carbons (Fsp3) is 0.312. The van der Waals surface area contributed by atoms with Crippen molar-refractivity contribution in [1.82, 2.24) is 10.3 Å². The lowest BCUT2D eigenvalue weighted by atomic mass is 10.0. The minimum atomic E-state index is -3.10. The average Bonchev–Trinajstić information content (AvgIpc) is 2.51. The van der Waals surface area contributed by atoms with Crippen LogP contribution in [0, 0.1) is 0 Å². The number of sulfone groups is 1. The highest BCUT2D eigenvalue weighted by Crippen LogP contribution is 2.31. The summed E-state index contributed by atoms with van der Waals surface area (Å²) < 4.78 is 24.2. The molecule has 0 spiro atoms. The van der Waals surface area contributed by atoms with Crippen molar-refractivity contribution in [2.45, 2.75) is 23.8 Å². The Labute approximate surface area is 125 Å². The molecule has 1 atom stereocenters. The maximum absolute atomic E-state index is 12.1. The van der Waals surface area contributed by atoms with E-state index in [-0.39, 0.29) is 11.8 Å². The molecule has 110 valence electrons. The Kier molecular flexibility index (Phi) is 4.03. The van der Waals surface area contributed by atoms with Crippen molar-refractivity contribution in [1.29, 1.82) is 0 Å². The summed E-state index contributed by atoms with van der Waals surface area (Å²) in [6.45, 7) is 0.788. The molecule has 0 fully saturated rings. The highest BCUT2D eigenvalue weighted by molar-refractivity contribution is 7.91. The third-order valence-corrected chi connectivity index (χ3v) is 5.62. The lowest BCUT2D eigenvalue weighted by Crippen LogP contribution is -2.31. The minimum Gasteiger partial charge on any atom is -0.309 e. The number of fused-ring (bicyclic) bond motifs is 1. The summed E-state index contributed by atoms with van der Waals surface area (Å²) in [5.41, 5.74) is 1.94. The van der Waals surface area contributed by atoms with Gasteiger partial charge in [0.1, 0.15) is 0 Å². The van der Waals surface area contributed by atoms with Gasteiger partial charge in [-0.2, -0.15) is 0 Å². The Balaban J connectivity index is 1.70. The fourth-order valence-corrected chi connectivity index (χ4v) is 4.34. The molecular formula is C16H18N2O2S. The van der Waals surface area contributed by atoms with Gasteiger partial charge in [0.25, 0.3) is 0 Å². The van der Waals surface area contributed by atoms with Crippen LogP contribution in [-0.2, 0) is 16.3 Å². The molecule has 0 aliphatic carbocycles. The third kappa shape index (κ3) is 3.14. The third-order valence-electron chi connectivity index (χ3n) is 3.80. The summed E-state index contributed by atoms with van der Waals surface area (Å²) in [4.78, 5) is 4.77. The topological polar surface area (TPSA) is 59.1 Å². The Hall–Kier alpha value is -1.72. The predicted molar refractivity (Wildman–Crippen MR) is 81.8 cm³/mol. The van der Waals surface area contributed by atoms with E-state index in [0.717, 1.165) is 24.2 Å². The number of rotatable bonds is 4. The second kappa shape index (κ2) is 5.95.